The highest BCUT2D eigenvalue weighted by Gasteiger charge is 2.34. The Kier molecular flexibility index (Phi) is 10.3. The van der Waals surface area contributed by atoms with Crippen molar-refractivity contribution in [3.05, 3.63) is 24.3 Å². The second-order valence-electron chi connectivity index (χ2n) is 6.29. The molecule has 0 aliphatic heterocycles. The van der Waals surface area contributed by atoms with E-state index in [0.29, 0.717) is 19.5 Å². The maximum atomic E-state index is 12.1. The van der Waals surface area contributed by atoms with E-state index in [1.54, 1.807) is 0 Å². The third-order valence-corrected chi connectivity index (χ3v) is 3.99. The fraction of sp³-hybridized carbons (Fsp3) is 0.632. The van der Waals surface area contributed by atoms with Crippen molar-refractivity contribution in [3.63, 3.8) is 0 Å². The van der Waals surface area contributed by atoms with Crippen LogP contribution in [0.1, 0.15) is 41.0 Å². The SMILES string of the molecule is C=C(C)C(=O)OCC(CC)(COC(=O)C(=C)C)COC(=O)N(CC)CC. The molecule has 0 radical (unpaired) electrons. The van der Waals surface area contributed by atoms with Gasteiger partial charge in [-0.15, -0.1) is 0 Å². The lowest BCUT2D eigenvalue weighted by molar-refractivity contribution is -0.151. The summed E-state index contributed by atoms with van der Waals surface area (Å²) in [5.74, 6) is -1.10. The zero-order chi connectivity index (χ0) is 20.3. The van der Waals surface area contributed by atoms with Crippen LogP contribution in [0.4, 0.5) is 4.79 Å². The van der Waals surface area contributed by atoms with Crippen LogP contribution in [0.2, 0.25) is 0 Å². The summed E-state index contributed by atoms with van der Waals surface area (Å²) in [5.41, 5.74) is -0.331. The van der Waals surface area contributed by atoms with Crippen LogP contribution in [0.5, 0.6) is 0 Å². The number of hydrogen-bond donors (Lipinski definition) is 0. The molecular weight excluding hydrogens is 338 g/mol. The summed E-state index contributed by atoms with van der Waals surface area (Å²) >= 11 is 0. The second-order valence-corrected chi connectivity index (χ2v) is 6.29. The number of hydrogen-bond acceptors (Lipinski definition) is 6. The third-order valence-electron chi connectivity index (χ3n) is 3.99. The lowest BCUT2D eigenvalue weighted by Gasteiger charge is -2.32. The van der Waals surface area contributed by atoms with E-state index in [0.717, 1.165) is 0 Å². The Bertz CT molecular complexity index is 506. The standard InChI is InChI=1S/C19H31NO6/c1-8-19(11-24-16(21)14(4)5,12-25-17(22)15(6)7)13-26-18(23)20(9-2)10-3/h4,6,8-13H2,1-3,5,7H3. The number of carbonyl (C=O) groups excluding carboxylic acids is 3. The minimum atomic E-state index is -0.848. The normalized spacial score (nSPS) is 10.7. The number of carbonyl (C=O) groups is 3. The molecule has 7 heteroatoms. The van der Waals surface area contributed by atoms with Gasteiger partial charge in [-0.1, -0.05) is 20.1 Å². The quantitative estimate of drug-likeness (QED) is 0.316. The lowest BCUT2D eigenvalue weighted by atomic mass is 9.88. The number of esters is 2. The summed E-state index contributed by atoms with van der Waals surface area (Å²) in [4.78, 5) is 37.1. The monoisotopic (exact) mass is 369 g/mol. The number of amides is 1. The molecule has 0 rings (SSSR count). The molecule has 7 nitrogen and oxygen atoms in total. The van der Waals surface area contributed by atoms with Crippen LogP contribution in [-0.4, -0.2) is 55.8 Å². The van der Waals surface area contributed by atoms with Crippen molar-refractivity contribution < 1.29 is 28.6 Å². The molecule has 0 saturated heterocycles. The Hall–Kier alpha value is -2.31. The van der Waals surface area contributed by atoms with Crippen LogP contribution < -0.4 is 0 Å². The summed E-state index contributed by atoms with van der Waals surface area (Å²) in [6.07, 6.45) is -0.00357. The summed E-state index contributed by atoms with van der Waals surface area (Å²) < 4.78 is 15.9. The first-order chi connectivity index (χ1) is 12.1. The molecule has 148 valence electrons. The predicted molar refractivity (Wildman–Crippen MR) is 98.5 cm³/mol. The Morgan fingerprint density at radius 1 is 0.808 bits per heavy atom. The fourth-order valence-corrected chi connectivity index (χ4v) is 1.90. The maximum absolute atomic E-state index is 12.1. The first-order valence-corrected chi connectivity index (χ1v) is 8.69. The smallest absolute Gasteiger partial charge is 0.409 e. The van der Waals surface area contributed by atoms with Crippen LogP contribution >= 0.6 is 0 Å². The van der Waals surface area contributed by atoms with E-state index >= 15 is 0 Å². The summed E-state index contributed by atoms with van der Waals surface area (Å²) in [5, 5.41) is 0. The van der Waals surface area contributed by atoms with Crippen molar-refractivity contribution in [1.29, 1.82) is 0 Å². The highest BCUT2D eigenvalue weighted by atomic mass is 16.6. The van der Waals surface area contributed by atoms with Crippen molar-refractivity contribution in [3.8, 4) is 0 Å². The van der Waals surface area contributed by atoms with Crippen LogP contribution in [0.15, 0.2) is 24.3 Å². The molecule has 0 aromatic rings. The molecule has 0 bridgehead atoms. The molecule has 0 saturated carbocycles. The Morgan fingerprint density at radius 2 is 1.19 bits per heavy atom. The van der Waals surface area contributed by atoms with Gasteiger partial charge in [-0.05, 0) is 34.1 Å². The van der Waals surface area contributed by atoms with Gasteiger partial charge in [0, 0.05) is 24.2 Å². The average molecular weight is 369 g/mol. The zero-order valence-corrected chi connectivity index (χ0v) is 16.6. The maximum Gasteiger partial charge on any atom is 0.409 e. The van der Waals surface area contributed by atoms with Crippen LogP contribution in [0, 0.1) is 5.41 Å². The Morgan fingerprint density at radius 3 is 1.50 bits per heavy atom. The van der Waals surface area contributed by atoms with Gasteiger partial charge in [0.05, 0.1) is 5.41 Å². The van der Waals surface area contributed by atoms with E-state index in [9.17, 15) is 14.4 Å². The zero-order valence-electron chi connectivity index (χ0n) is 16.6. The largest absolute Gasteiger partial charge is 0.461 e. The molecule has 0 fully saturated rings. The van der Waals surface area contributed by atoms with Gasteiger partial charge in [0.1, 0.15) is 19.8 Å². The Balaban J connectivity index is 5.17. The summed E-state index contributed by atoms with van der Waals surface area (Å²) in [6, 6.07) is 0. The highest BCUT2D eigenvalue weighted by molar-refractivity contribution is 5.87. The third kappa shape index (κ3) is 7.72. The minimum absolute atomic E-state index is 0.0498. The molecule has 0 aromatic heterocycles. The van der Waals surface area contributed by atoms with Gasteiger partial charge in [0.2, 0.25) is 0 Å². The van der Waals surface area contributed by atoms with Crippen molar-refractivity contribution in [1.82, 2.24) is 4.90 Å². The molecule has 0 spiro atoms. The molecule has 26 heavy (non-hydrogen) atoms. The first-order valence-electron chi connectivity index (χ1n) is 8.69. The molecule has 0 unspecified atom stereocenters. The fourth-order valence-electron chi connectivity index (χ4n) is 1.90. The summed E-state index contributed by atoms with van der Waals surface area (Å²) in [7, 11) is 0. The molecule has 0 aliphatic rings. The van der Waals surface area contributed by atoms with E-state index in [-0.39, 0.29) is 31.0 Å². The van der Waals surface area contributed by atoms with Crippen molar-refractivity contribution in [2.75, 3.05) is 32.9 Å². The van der Waals surface area contributed by atoms with Crippen molar-refractivity contribution in [2.24, 2.45) is 5.41 Å². The van der Waals surface area contributed by atoms with E-state index in [1.807, 2.05) is 20.8 Å². The molecule has 0 aromatic carbocycles. The van der Waals surface area contributed by atoms with Crippen LogP contribution in [0.25, 0.3) is 0 Å². The number of rotatable bonds is 11. The van der Waals surface area contributed by atoms with E-state index in [1.165, 1.54) is 18.7 Å². The lowest BCUT2D eigenvalue weighted by Crippen LogP contribution is -2.41. The van der Waals surface area contributed by atoms with Gasteiger partial charge in [-0.25, -0.2) is 14.4 Å². The van der Waals surface area contributed by atoms with Gasteiger partial charge in [-0.3, -0.25) is 0 Å². The minimum Gasteiger partial charge on any atom is -0.461 e. The Labute approximate surface area is 156 Å². The van der Waals surface area contributed by atoms with Gasteiger partial charge in [0.25, 0.3) is 0 Å². The van der Waals surface area contributed by atoms with Gasteiger partial charge in [0.15, 0.2) is 0 Å². The average Bonchev–Trinajstić information content (AvgIpc) is 2.61. The molecule has 0 N–H and O–H groups in total. The van der Waals surface area contributed by atoms with E-state index < -0.39 is 23.4 Å². The van der Waals surface area contributed by atoms with Crippen LogP contribution in [-0.2, 0) is 23.8 Å². The van der Waals surface area contributed by atoms with E-state index in [2.05, 4.69) is 13.2 Å². The summed E-state index contributed by atoms with van der Waals surface area (Å²) in [6.45, 7) is 16.5. The predicted octanol–water partition coefficient (Wildman–Crippen LogP) is 3.10. The molecule has 0 atom stereocenters. The molecule has 0 aliphatic carbocycles. The first kappa shape index (κ1) is 23.7. The number of nitrogens with zero attached hydrogens (tertiary/aromatic N) is 1. The number of ether oxygens (including phenoxy) is 3. The van der Waals surface area contributed by atoms with Gasteiger partial charge < -0.3 is 19.1 Å². The van der Waals surface area contributed by atoms with Crippen LogP contribution in [0.3, 0.4) is 0 Å². The molecule has 0 heterocycles. The van der Waals surface area contributed by atoms with Crippen molar-refractivity contribution in [2.45, 2.75) is 41.0 Å². The van der Waals surface area contributed by atoms with Gasteiger partial charge in [-0.2, -0.15) is 0 Å². The highest BCUT2D eigenvalue weighted by Crippen LogP contribution is 2.25. The molecular formula is C19H31NO6. The molecule has 1 amide bonds. The van der Waals surface area contributed by atoms with E-state index in [4.69, 9.17) is 14.2 Å². The second kappa shape index (κ2) is 11.3. The van der Waals surface area contributed by atoms with Crippen molar-refractivity contribution >= 4 is 18.0 Å². The van der Waals surface area contributed by atoms with Gasteiger partial charge >= 0.3 is 18.0 Å². The topological polar surface area (TPSA) is 82.1 Å².